The van der Waals surface area contributed by atoms with Crippen molar-refractivity contribution in [2.75, 3.05) is 6.54 Å². The van der Waals surface area contributed by atoms with Gasteiger partial charge in [-0.25, -0.2) is 13.1 Å². The molecule has 1 heterocycles. The van der Waals surface area contributed by atoms with Crippen LogP contribution in [-0.4, -0.2) is 15.0 Å². The van der Waals surface area contributed by atoms with Gasteiger partial charge in [0.2, 0.25) is 10.0 Å². The number of sulfonamides is 1. The zero-order valence-electron chi connectivity index (χ0n) is 9.40. The third-order valence-corrected chi connectivity index (χ3v) is 6.18. The molecule has 1 N–H and O–H groups in total. The first-order chi connectivity index (χ1) is 7.62. The van der Waals surface area contributed by atoms with Gasteiger partial charge in [-0.2, -0.15) is 0 Å². The molecule has 0 unspecified atom stereocenters. The van der Waals surface area contributed by atoms with E-state index in [0.29, 0.717) is 16.7 Å². The van der Waals surface area contributed by atoms with Crippen LogP contribution in [0.1, 0.15) is 31.1 Å². The van der Waals surface area contributed by atoms with E-state index in [0.717, 1.165) is 24.1 Å². The SMILES string of the molecule is CCc1ccc(S(=O)(=O)NCC2CCC2)s1. The first-order valence-corrected chi connectivity index (χ1v) is 8.00. The minimum absolute atomic E-state index is 0.448. The Kier molecular flexibility index (Phi) is 3.66. The Bertz CT molecular complexity index is 446. The molecule has 0 aliphatic heterocycles. The third-order valence-electron chi connectivity index (χ3n) is 3.04. The van der Waals surface area contributed by atoms with Crippen molar-refractivity contribution < 1.29 is 8.42 Å². The van der Waals surface area contributed by atoms with E-state index in [1.54, 1.807) is 6.07 Å². The van der Waals surface area contributed by atoms with Gasteiger partial charge in [-0.3, -0.25) is 0 Å². The highest BCUT2D eigenvalue weighted by atomic mass is 32.2. The molecule has 1 aliphatic carbocycles. The van der Waals surface area contributed by atoms with Crippen LogP contribution in [0.25, 0.3) is 0 Å². The highest BCUT2D eigenvalue weighted by molar-refractivity contribution is 7.91. The van der Waals surface area contributed by atoms with Crippen molar-refractivity contribution in [3.05, 3.63) is 17.0 Å². The van der Waals surface area contributed by atoms with E-state index in [2.05, 4.69) is 4.72 Å². The van der Waals surface area contributed by atoms with E-state index in [4.69, 9.17) is 0 Å². The molecule has 0 saturated heterocycles. The Labute approximate surface area is 101 Å². The van der Waals surface area contributed by atoms with Gasteiger partial charge in [0.15, 0.2) is 0 Å². The van der Waals surface area contributed by atoms with Crippen LogP contribution in [0.4, 0.5) is 0 Å². The lowest BCUT2D eigenvalue weighted by Gasteiger charge is -2.25. The lowest BCUT2D eigenvalue weighted by atomic mass is 9.86. The van der Waals surface area contributed by atoms with Crippen molar-refractivity contribution in [3.8, 4) is 0 Å². The molecule has 0 spiro atoms. The molecule has 1 fully saturated rings. The maximum Gasteiger partial charge on any atom is 0.250 e. The molecule has 0 atom stereocenters. The molecule has 2 rings (SSSR count). The molecule has 3 nitrogen and oxygen atoms in total. The molecule has 0 bridgehead atoms. The van der Waals surface area contributed by atoms with Crippen LogP contribution >= 0.6 is 11.3 Å². The topological polar surface area (TPSA) is 46.2 Å². The smallest absolute Gasteiger partial charge is 0.210 e. The quantitative estimate of drug-likeness (QED) is 0.882. The van der Waals surface area contributed by atoms with E-state index < -0.39 is 10.0 Å². The Balaban J connectivity index is 1.99. The number of aryl methyl sites for hydroxylation is 1. The van der Waals surface area contributed by atoms with Crippen LogP contribution in [0.3, 0.4) is 0 Å². The van der Waals surface area contributed by atoms with Gasteiger partial charge >= 0.3 is 0 Å². The van der Waals surface area contributed by atoms with E-state index in [1.165, 1.54) is 17.8 Å². The molecular weight excluding hydrogens is 242 g/mol. The molecule has 1 aromatic heterocycles. The van der Waals surface area contributed by atoms with E-state index in [9.17, 15) is 8.42 Å². The van der Waals surface area contributed by atoms with Gasteiger partial charge in [0.25, 0.3) is 0 Å². The molecule has 0 amide bonds. The Morgan fingerprint density at radius 3 is 2.69 bits per heavy atom. The van der Waals surface area contributed by atoms with Gasteiger partial charge in [-0.1, -0.05) is 13.3 Å². The average molecular weight is 259 g/mol. The molecule has 0 aromatic carbocycles. The highest BCUT2D eigenvalue weighted by Crippen LogP contribution is 2.26. The van der Waals surface area contributed by atoms with Crippen LogP contribution in [0, 0.1) is 5.92 Å². The average Bonchev–Trinajstić information content (AvgIpc) is 2.63. The van der Waals surface area contributed by atoms with Crippen molar-refractivity contribution in [2.45, 2.75) is 36.8 Å². The number of hydrogen-bond donors (Lipinski definition) is 1. The largest absolute Gasteiger partial charge is 0.250 e. The molecule has 1 saturated carbocycles. The molecule has 1 aromatic rings. The first-order valence-electron chi connectivity index (χ1n) is 5.70. The van der Waals surface area contributed by atoms with Gasteiger partial charge in [-0.05, 0) is 37.3 Å². The van der Waals surface area contributed by atoms with Crippen molar-refractivity contribution in [1.29, 1.82) is 0 Å². The summed E-state index contributed by atoms with van der Waals surface area (Å²) in [6.45, 7) is 2.63. The fraction of sp³-hybridized carbons (Fsp3) is 0.636. The van der Waals surface area contributed by atoms with Crippen molar-refractivity contribution >= 4 is 21.4 Å². The number of hydrogen-bond acceptors (Lipinski definition) is 3. The second-order valence-electron chi connectivity index (χ2n) is 4.22. The first kappa shape index (κ1) is 12.1. The lowest BCUT2D eigenvalue weighted by Crippen LogP contribution is -2.31. The number of thiophene rings is 1. The molecule has 0 radical (unpaired) electrons. The highest BCUT2D eigenvalue weighted by Gasteiger charge is 2.22. The van der Waals surface area contributed by atoms with Crippen LogP contribution in [0.5, 0.6) is 0 Å². The van der Waals surface area contributed by atoms with Crippen LogP contribution in [0.2, 0.25) is 0 Å². The van der Waals surface area contributed by atoms with Crippen molar-refractivity contribution in [3.63, 3.8) is 0 Å². The van der Waals surface area contributed by atoms with Gasteiger partial charge in [0, 0.05) is 11.4 Å². The van der Waals surface area contributed by atoms with Crippen LogP contribution in [-0.2, 0) is 16.4 Å². The van der Waals surface area contributed by atoms with E-state index in [-0.39, 0.29) is 0 Å². The van der Waals surface area contributed by atoms with Crippen LogP contribution in [0.15, 0.2) is 16.3 Å². The Morgan fingerprint density at radius 1 is 1.44 bits per heavy atom. The summed E-state index contributed by atoms with van der Waals surface area (Å²) < 4.78 is 27.0. The summed E-state index contributed by atoms with van der Waals surface area (Å²) in [6, 6.07) is 3.59. The monoisotopic (exact) mass is 259 g/mol. The second-order valence-corrected chi connectivity index (χ2v) is 7.39. The number of nitrogens with one attached hydrogen (secondary N) is 1. The van der Waals surface area contributed by atoms with E-state index >= 15 is 0 Å². The predicted octanol–water partition coefficient (Wildman–Crippen LogP) is 2.39. The van der Waals surface area contributed by atoms with Crippen LogP contribution < -0.4 is 4.72 Å². The zero-order valence-corrected chi connectivity index (χ0v) is 11.0. The lowest BCUT2D eigenvalue weighted by molar-refractivity contribution is 0.316. The molecular formula is C11H17NO2S2. The van der Waals surface area contributed by atoms with Crippen molar-refractivity contribution in [1.82, 2.24) is 4.72 Å². The minimum atomic E-state index is -3.25. The van der Waals surface area contributed by atoms with Gasteiger partial charge < -0.3 is 0 Å². The zero-order chi connectivity index (χ0) is 11.6. The fourth-order valence-corrected chi connectivity index (χ4v) is 4.14. The summed E-state index contributed by atoms with van der Waals surface area (Å²) in [5.74, 6) is 0.556. The van der Waals surface area contributed by atoms with Gasteiger partial charge in [0.05, 0.1) is 0 Å². The van der Waals surface area contributed by atoms with Crippen molar-refractivity contribution in [2.24, 2.45) is 5.92 Å². The molecule has 5 heteroatoms. The molecule has 90 valence electrons. The fourth-order valence-electron chi connectivity index (χ4n) is 1.69. The minimum Gasteiger partial charge on any atom is -0.210 e. The normalized spacial score (nSPS) is 17.3. The molecule has 16 heavy (non-hydrogen) atoms. The summed E-state index contributed by atoms with van der Waals surface area (Å²) in [4.78, 5) is 1.11. The summed E-state index contributed by atoms with van der Waals surface area (Å²) >= 11 is 1.37. The second kappa shape index (κ2) is 4.85. The summed E-state index contributed by atoms with van der Waals surface area (Å²) in [5, 5.41) is 0. The predicted molar refractivity (Wildman–Crippen MR) is 66.2 cm³/mol. The number of rotatable bonds is 5. The van der Waals surface area contributed by atoms with Gasteiger partial charge in [-0.15, -0.1) is 11.3 Å². The van der Waals surface area contributed by atoms with E-state index in [1.807, 2.05) is 13.0 Å². The van der Waals surface area contributed by atoms with Gasteiger partial charge in [0.1, 0.15) is 4.21 Å². The summed E-state index contributed by atoms with van der Waals surface area (Å²) in [6.07, 6.45) is 4.45. The standard InChI is InChI=1S/C11H17NO2S2/c1-2-10-6-7-11(15-10)16(13,14)12-8-9-4-3-5-9/h6-7,9,12H,2-5,8H2,1H3. The maximum absolute atomic E-state index is 11.9. The summed E-state index contributed by atoms with van der Waals surface area (Å²) in [5.41, 5.74) is 0. The summed E-state index contributed by atoms with van der Waals surface area (Å²) in [7, 11) is -3.25. The Morgan fingerprint density at radius 2 is 2.19 bits per heavy atom. The maximum atomic E-state index is 11.9. The Hall–Kier alpha value is -0.390. The third kappa shape index (κ3) is 2.64. The molecule has 1 aliphatic rings.